The predicted molar refractivity (Wildman–Crippen MR) is 81.5 cm³/mol. The Labute approximate surface area is 115 Å². The molecule has 18 heavy (non-hydrogen) atoms. The number of aromatic hydroxyl groups is 1. The molecule has 3 heteroatoms. The molecule has 0 spiro atoms. The zero-order valence-electron chi connectivity index (χ0n) is 11.9. The first-order valence-corrected chi connectivity index (χ1v) is 7.72. The fourth-order valence-electron chi connectivity index (χ4n) is 1.64. The second kappa shape index (κ2) is 7.05. The maximum Gasteiger partial charge on any atom is 0.115 e. The van der Waals surface area contributed by atoms with Crippen LogP contribution >= 0.6 is 11.8 Å². The van der Waals surface area contributed by atoms with Crippen molar-refractivity contribution >= 4 is 11.8 Å². The summed E-state index contributed by atoms with van der Waals surface area (Å²) in [6, 6.07) is 8.02. The molecular weight excluding hydrogens is 242 g/mol. The van der Waals surface area contributed by atoms with Crippen molar-refractivity contribution in [2.75, 3.05) is 12.8 Å². The third-order valence-corrected chi connectivity index (χ3v) is 4.48. The normalized spacial score (nSPS) is 13.6. The van der Waals surface area contributed by atoms with Crippen LogP contribution in [0.15, 0.2) is 24.3 Å². The summed E-state index contributed by atoms with van der Waals surface area (Å²) in [4.78, 5) is 0. The molecule has 0 aromatic heterocycles. The first-order valence-electron chi connectivity index (χ1n) is 6.49. The van der Waals surface area contributed by atoms with Crippen LogP contribution in [0.2, 0.25) is 0 Å². The van der Waals surface area contributed by atoms with E-state index >= 15 is 0 Å². The van der Waals surface area contributed by atoms with Gasteiger partial charge in [-0.3, -0.25) is 0 Å². The van der Waals surface area contributed by atoms with E-state index in [0.29, 0.717) is 16.5 Å². The molecule has 1 unspecified atom stereocenters. The first-order chi connectivity index (χ1) is 8.43. The van der Waals surface area contributed by atoms with E-state index in [1.165, 1.54) is 5.56 Å². The smallest absolute Gasteiger partial charge is 0.115 e. The predicted octanol–water partition coefficient (Wildman–Crippen LogP) is 3.44. The van der Waals surface area contributed by atoms with Crippen molar-refractivity contribution in [3.8, 4) is 5.75 Å². The lowest BCUT2D eigenvalue weighted by atomic mass is 10.1. The fraction of sp³-hybridized carbons (Fsp3) is 0.600. The minimum absolute atomic E-state index is 0.298. The highest BCUT2D eigenvalue weighted by molar-refractivity contribution is 7.99. The molecule has 0 fully saturated rings. The van der Waals surface area contributed by atoms with Crippen LogP contribution in [-0.4, -0.2) is 28.7 Å². The second-order valence-electron chi connectivity index (χ2n) is 5.45. The molecule has 0 radical (unpaired) electrons. The van der Waals surface area contributed by atoms with Gasteiger partial charge in [0.05, 0.1) is 0 Å². The maximum atomic E-state index is 9.22. The third kappa shape index (κ3) is 5.78. The highest BCUT2D eigenvalue weighted by atomic mass is 32.2. The molecule has 0 aliphatic carbocycles. The van der Waals surface area contributed by atoms with Crippen LogP contribution in [0.3, 0.4) is 0 Å². The molecule has 0 saturated carbocycles. The highest BCUT2D eigenvalue weighted by Crippen LogP contribution is 2.20. The summed E-state index contributed by atoms with van der Waals surface area (Å²) in [6.07, 6.45) is 4.33. The summed E-state index contributed by atoms with van der Waals surface area (Å²) in [5.41, 5.74) is 1.28. The lowest BCUT2D eigenvalue weighted by Gasteiger charge is -2.25. The monoisotopic (exact) mass is 267 g/mol. The summed E-state index contributed by atoms with van der Waals surface area (Å²) in [7, 11) is 0. The molecule has 102 valence electrons. The van der Waals surface area contributed by atoms with Crippen molar-refractivity contribution in [3.05, 3.63) is 29.8 Å². The summed E-state index contributed by atoms with van der Waals surface area (Å²) in [5, 5.41) is 12.8. The number of thioether (sulfide) groups is 1. The molecule has 2 N–H and O–H groups in total. The van der Waals surface area contributed by atoms with Gasteiger partial charge >= 0.3 is 0 Å². The van der Waals surface area contributed by atoms with E-state index in [1.807, 2.05) is 23.9 Å². The fourth-order valence-corrected chi connectivity index (χ4v) is 1.87. The number of phenolic OH excluding ortho intramolecular Hbond substituents is 1. The Morgan fingerprint density at radius 2 is 1.89 bits per heavy atom. The minimum Gasteiger partial charge on any atom is -0.508 e. The average molecular weight is 267 g/mol. The quantitative estimate of drug-likeness (QED) is 0.793. The molecule has 0 heterocycles. The van der Waals surface area contributed by atoms with Crippen LogP contribution in [0, 0.1) is 0 Å². The molecule has 0 amide bonds. The lowest BCUT2D eigenvalue weighted by Crippen LogP contribution is -2.37. The van der Waals surface area contributed by atoms with E-state index in [-0.39, 0.29) is 0 Å². The van der Waals surface area contributed by atoms with Gasteiger partial charge in [-0.25, -0.2) is 0 Å². The zero-order valence-corrected chi connectivity index (χ0v) is 12.7. The number of rotatable bonds is 7. The van der Waals surface area contributed by atoms with E-state index in [2.05, 4.69) is 32.3 Å². The number of hydrogen-bond acceptors (Lipinski definition) is 3. The molecule has 0 aliphatic heterocycles. The topological polar surface area (TPSA) is 32.3 Å². The van der Waals surface area contributed by atoms with Crippen LogP contribution in [0.25, 0.3) is 0 Å². The van der Waals surface area contributed by atoms with Gasteiger partial charge in [0.15, 0.2) is 0 Å². The van der Waals surface area contributed by atoms with Crippen molar-refractivity contribution in [3.63, 3.8) is 0 Å². The van der Waals surface area contributed by atoms with Gasteiger partial charge in [-0.15, -0.1) is 0 Å². The average Bonchev–Trinajstić information content (AvgIpc) is 2.36. The largest absolute Gasteiger partial charge is 0.508 e. The van der Waals surface area contributed by atoms with Gasteiger partial charge in [0.2, 0.25) is 0 Å². The summed E-state index contributed by atoms with van der Waals surface area (Å²) >= 11 is 1.89. The van der Waals surface area contributed by atoms with Gasteiger partial charge in [0.1, 0.15) is 5.75 Å². The van der Waals surface area contributed by atoms with Crippen molar-refractivity contribution in [1.82, 2.24) is 5.32 Å². The Morgan fingerprint density at radius 1 is 1.28 bits per heavy atom. The van der Waals surface area contributed by atoms with Crippen LogP contribution in [0.1, 0.15) is 32.8 Å². The van der Waals surface area contributed by atoms with Gasteiger partial charge in [0.25, 0.3) is 0 Å². The van der Waals surface area contributed by atoms with Gasteiger partial charge in [0, 0.05) is 17.3 Å². The summed E-state index contributed by atoms with van der Waals surface area (Å²) < 4.78 is 0.298. The van der Waals surface area contributed by atoms with E-state index in [0.717, 1.165) is 19.4 Å². The molecule has 1 rings (SSSR count). The molecule has 0 aliphatic rings. The first kappa shape index (κ1) is 15.4. The van der Waals surface area contributed by atoms with Crippen LogP contribution in [0.5, 0.6) is 5.75 Å². The van der Waals surface area contributed by atoms with Gasteiger partial charge in [-0.2, -0.15) is 11.8 Å². The Balaban J connectivity index is 2.29. The summed E-state index contributed by atoms with van der Waals surface area (Å²) in [6.45, 7) is 7.79. The van der Waals surface area contributed by atoms with Crippen molar-refractivity contribution in [1.29, 1.82) is 0 Å². The molecule has 1 atom stereocenters. The summed E-state index contributed by atoms with van der Waals surface area (Å²) in [5.74, 6) is 0.339. The van der Waals surface area contributed by atoms with Crippen molar-refractivity contribution in [2.24, 2.45) is 0 Å². The lowest BCUT2D eigenvalue weighted by molar-refractivity contribution is 0.473. The molecule has 0 bridgehead atoms. The van der Waals surface area contributed by atoms with Crippen molar-refractivity contribution in [2.45, 2.75) is 44.4 Å². The van der Waals surface area contributed by atoms with Gasteiger partial charge in [-0.05, 0) is 57.6 Å². The van der Waals surface area contributed by atoms with E-state index in [1.54, 1.807) is 12.1 Å². The molecular formula is C15H25NOS. The van der Waals surface area contributed by atoms with Crippen LogP contribution < -0.4 is 5.32 Å². The highest BCUT2D eigenvalue weighted by Gasteiger charge is 2.16. The standard InChI is InChI=1S/C15H25NOS/c1-12(16-11-15(2,3)18-4)5-6-13-7-9-14(17)10-8-13/h7-10,12,16-17H,5-6,11H2,1-4H3. The number of nitrogens with one attached hydrogen (secondary N) is 1. The van der Waals surface area contributed by atoms with Gasteiger partial charge in [-0.1, -0.05) is 12.1 Å². The van der Waals surface area contributed by atoms with Gasteiger partial charge < -0.3 is 10.4 Å². The molecule has 2 nitrogen and oxygen atoms in total. The van der Waals surface area contributed by atoms with Crippen molar-refractivity contribution < 1.29 is 5.11 Å². The molecule has 0 saturated heterocycles. The maximum absolute atomic E-state index is 9.22. The van der Waals surface area contributed by atoms with E-state index < -0.39 is 0 Å². The number of hydrogen-bond donors (Lipinski definition) is 2. The Bertz CT molecular complexity index is 348. The number of phenols is 1. The Morgan fingerprint density at radius 3 is 2.44 bits per heavy atom. The Hall–Kier alpha value is -0.670. The number of benzene rings is 1. The molecule has 1 aromatic carbocycles. The van der Waals surface area contributed by atoms with E-state index in [4.69, 9.17) is 0 Å². The SMILES string of the molecule is CSC(C)(C)CNC(C)CCc1ccc(O)cc1. The van der Waals surface area contributed by atoms with Crippen LogP contribution in [-0.2, 0) is 6.42 Å². The number of aryl methyl sites for hydroxylation is 1. The third-order valence-electron chi connectivity index (χ3n) is 3.23. The zero-order chi connectivity index (χ0) is 13.6. The molecule has 1 aromatic rings. The minimum atomic E-state index is 0.298. The Kier molecular flexibility index (Phi) is 6.03. The van der Waals surface area contributed by atoms with E-state index in [9.17, 15) is 5.11 Å². The second-order valence-corrected chi connectivity index (χ2v) is 6.96. The van der Waals surface area contributed by atoms with Crippen LogP contribution in [0.4, 0.5) is 0 Å².